The molecule has 8 nitrogen and oxygen atoms in total. The number of amides is 1. The summed E-state index contributed by atoms with van der Waals surface area (Å²) < 4.78 is 6.15. The lowest BCUT2D eigenvalue weighted by molar-refractivity contribution is -0.116. The number of nitrogens with one attached hydrogen (secondary N) is 4. The predicted molar refractivity (Wildman–Crippen MR) is 134 cm³/mol. The first kappa shape index (κ1) is 22.2. The first-order chi connectivity index (χ1) is 16.2. The highest BCUT2D eigenvalue weighted by atomic mass is 32.1. The van der Waals surface area contributed by atoms with E-state index in [2.05, 4.69) is 44.3 Å². The van der Waals surface area contributed by atoms with Gasteiger partial charge < -0.3 is 20.7 Å². The van der Waals surface area contributed by atoms with Crippen LogP contribution in [0.5, 0.6) is 0 Å². The molecule has 0 spiro atoms. The molecule has 5 rings (SSSR count). The van der Waals surface area contributed by atoms with Crippen LogP contribution in [0.2, 0.25) is 0 Å². The highest BCUT2D eigenvalue weighted by Gasteiger charge is 2.25. The van der Waals surface area contributed by atoms with E-state index in [-0.39, 0.29) is 5.91 Å². The number of H-pyrrole nitrogens is 1. The van der Waals surface area contributed by atoms with E-state index in [1.807, 2.05) is 12.4 Å². The van der Waals surface area contributed by atoms with Gasteiger partial charge in [-0.15, -0.1) is 22.7 Å². The van der Waals surface area contributed by atoms with Gasteiger partial charge >= 0.3 is 0 Å². The molecule has 4 N–H and O–H groups in total. The van der Waals surface area contributed by atoms with E-state index in [0.29, 0.717) is 19.6 Å². The molecular formula is C23H26N6O2S2. The van der Waals surface area contributed by atoms with Gasteiger partial charge in [0, 0.05) is 55.4 Å². The Morgan fingerprint density at radius 2 is 2.18 bits per heavy atom. The number of hydrogen-bond donors (Lipinski definition) is 4. The van der Waals surface area contributed by atoms with E-state index in [1.165, 1.54) is 10.4 Å². The van der Waals surface area contributed by atoms with Crippen molar-refractivity contribution < 1.29 is 9.53 Å². The Labute approximate surface area is 199 Å². The summed E-state index contributed by atoms with van der Waals surface area (Å²) in [5.74, 6) is 0.0103. The third kappa shape index (κ3) is 4.85. The largest absolute Gasteiger partial charge is 0.383 e. The van der Waals surface area contributed by atoms with Crippen LogP contribution in [-0.4, -0.2) is 54.4 Å². The number of benzene rings is 1. The van der Waals surface area contributed by atoms with Gasteiger partial charge in [-0.3, -0.25) is 9.89 Å². The van der Waals surface area contributed by atoms with Crippen LogP contribution < -0.4 is 16.0 Å². The molecule has 172 valence electrons. The highest BCUT2D eigenvalue weighted by Crippen LogP contribution is 2.45. The molecule has 0 atom stereocenters. The number of anilines is 1. The van der Waals surface area contributed by atoms with Crippen LogP contribution in [0.25, 0.3) is 31.9 Å². The summed E-state index contributed by atoms with van der Waals surface area (Å²) in [6.07, 6.45) is 5.07. The summed E-state index contributed by atoms with van der Waals surface area (Å²) >= 11 is 3.34. The van der Waals surface area contributed by atoms with E-state index < -0.39 is 0 Å². The molecule has 0 saturated heterocycles. The van der Waals surface area contributed by atoms with Crippen molar-refractivity contribution in [3.8, 4) is 21.7 Å². The molecule has 0 unspecified atom stereocenters. The molecule has 0 saturated carbocycles. The third-order valence-electron chi connectivity index (χ3n) is 5.63. The van der Waals surface area contributed by atoms with Gasteiger partial charge in [-0.25, -0.2) is 4.98 Å². The van der Waals surface area contributed by atoms with Crippen molar-refractivity contribution in [1.82, 2.24) is 25.8 Å². The second-order valence-electron chi connectivity index (χ2n) is 7.86. The molecule has 0 radical (unpaired) electrons. The summed E-state index contributed by atoms with van der Waals surface area (Å²) in [6.45, 7) is 3.76. The SMILES string of the molecule is COCCNCCC(=O)Nc1sc2c(c1-c1nc3ccc(-c4cn[nH]c4)cc3s1)CCNC2. The number of thiophene rings is 1. The molecule has 4 heterocycles. The lowest BCUT2D eigenvalue weighted by Crippen LogP contribution is -2.24. The van der Waals surface area contributed by atoms with Crippen molar-refractivity contribution in [1.29, 1.82) is 0 Å². The molecule has 0 fully saturated rings. The number of aromatic nitrogens is 3. The van der Waals surface area contributed by atoms with E-state index in [9.17, 15) is 4.79 Å². The van der Waals surface area contributed by atoms with Gasteiger partial charge in [0.15, 0.2) is 0 Å². The van der Waals surface area contributed by atoms with Crippen LogP contribution in [0.3, 0.4) is 0 Å². The van der Waals surface area contributed by atoms with Crippen molar-refractivity contribution in [3.63, 3.8) is 0 Å². The Kier molecular flexibility index (Phi) is 6.79. The topological polar surface area (TPSA) is 104 Å². The summed E-state index contributed by atoms with van der Waals surface area (Å²) in [6, 6.07) is 6.29. The number of rotatable bonds is 9. The van der Waals surface area contributed by atoms with Gasteiger partial charge in [-0.1, -0.05) is 6.07 Å². The Hall–Kier alpha value is -2.63. The van der Waals surface area contributed by atoms with E-state index in [0.717, 1.165) is 63.0 Å². The predicted octanol–water partition coefficient (Wildman–Crippen LogP) is 3.63. The zero-order chi connectivity index (χ0) is 22.6. The fourth-order valence-electron chi connectivity index (χ4n) is 3.96. The number of thiazole rings is 1. The molecule has 1 aromatic carbocycles. The highest BCUT2D eigenvalue weighted by molar-refractivity contribution is 7.23. The minimum absolute atomic E-state index is 0.0103. The molecule has 33 heavy (non-hydrogen) atoms. The molecule has 3 aromatic heterocycles. The third-order valence-corrected chi connectivity index (χ3v) is 7.81. The van der Waals surface area contributed by atoms with Crippen molar-refractivity contribution in [2.24, 2.45) is 0 Å². The minimum Gasteiger partial charge on any atom is -0.383 e. The Balaban J connectivity index is 1.42. The summed E-state index contributed by atoms with van der Waals surface area (Å²) in [4.78, 5) is 18.9. The number of hydrogen-bond acceptors (Lipinski definition) is 8. The number of nitrogens with zero attached hydrogens (tertiary/aromatic N) is 2. The number of fused-ring (bicyclic) bond motifs is 2. The van der Waals surface area contributed by atoms with Gasteiger partial charge in [0.2, 0.25) is 5.91 Å². The Bertz CT molecular complexity index is 1250. The number of methoxy groups -OCH3 is 1. The van der Waals surface area contributed by atoms with E-state index in [4.69, 9.17) is 9.72 Å². The molecule has 4 aromatic rings. The van der Waals surface area contributed by atoms with Crippen molar-refractivity contribution in [2.45, 2.75) is 19.4 Å². The van der Waals surface area contributed by atoms with Crippen LogP contribution in [0.4, 0.5) is 5.00 Å². The van der Waals surface area contributed by atoms with Crippen molar-refractivity contribution in [2.75, 3.05) is 38.7 Å². The fourth-order valence-corrected chi connectivity index (χ4v) is 6.34. The number of carbonyl (C=O) groups excluding carboxylic acids is 1. The van der Waals surface area contributed by atoms with Crippen LogP contribution in [0.1, 0.15) is 16.9 Å². The zero-order valence-corrected chi connectivity index (χ0v) is 20.0. The van der Waals surface area contributed by atoms with Gasteiger partial charge in [-0.2, -0.15) is 5.10 Å². The lowest BCUT2D eigenvalue weighted by atomic mass is 10.0. The maximum absolute atomic E-state index is 12.7. The first-order valence-electron chi connectivity index (χ1n) is 11.0. The lowest BCUT2D eigenvalue weighted by Gasteiger charge is -2.13. The van der Waals surface area contributed by atoms with Crippen LogP contribution in [-0.2, 0) is 22.5 Å². The van der Waals surface area contributed by atoms with E-state index in [1.54, 1.807) is 29.8 Å². The first-order valence-corrected chi connectivity index (χ1v) is 12.6. The molecule has 1 amide bonds. The average Bonchev–Trinajstić information content (AvgIpc) is 3.56. The monoisotopic (exact) mass is 482 g/mol. The summed E-state index contributed by atoms with van der Waals surface area (Å²) in [5.41, 5.74) is 5.52. The fraction of sp³-hybridized carbons (Fsp3) is 0.348. The second kappa shape index (κ2) is 10.1. The van der Waals surface area contributed by atoms with Crippen LogP contribution in [0, 0.1) is 0 Å². The number of carbonyl (C=O) groups is 1. The molecule has 10 heteroatoms. The van der Waals surface area contributed by atoms with Crippen molar-refractivity contribution in [3.05, 3.63) is 41.0 Å². The minimum atomic E-state index is 0.0103. The molecule has 1 aliphatic heterocycles. The molecule has 1 aliphatic rings. The average molecular weight is 483 g/mol. The summed E-state index contributed by atoms with van der Waals surface area (Å²) in [5, 5.41) is 18.6. The molecule has 0 bridgehead atoms. The number of ether oxygens (including phenoxy) is 1. The maximum atomic E-state index is 12.7. The maximum Gasteiger partial charge on any atom is 0.226 e. The Morgan fingerprint density at radius 3 is 3.03 bits per heavy atom. The standard InChI is InChI=1S/C23H26N6O2S2/c1-31-9-8-24-7-5-20(30)29-23-21(16-4-6-25-13-19(16)33-23)22-28-17-3-2-14(10-18(17)32-22)15-11-26-27-12-15/h2-3,10-12,24-25H,4-9,13H2,1H3,(H,26,27)(H,29,30). The Morgan fingerprint density at radius 1 is 1.24 bits per heavy atom. The second-order valence-corrected chi connectivity index (χ2v) is 10.00. The molecule has 0 aliphatic carbocycles. The quantitative estimate of drug-likeness (QED) is 0.272. The normalized spacial score (nSPS) is 13.4. The van der Waals surface area contributed by atoms with Gasteiger partial charge in [0.25, 0.3) is 0 Å². The van der Waals surface area contributed by atoms with Crippen LogP contribution >= 0.6 is 22.7 Å². The van der Waals surface area contributed by atoms with Gasteiger partial charge in [0.05, 0.1) is 23.0 Å². The zero-order valence-electron chi connectivity index (χ0n) is 18.4. The molecular weight excluding hydrogens is 456 g/mol. The van der Waals surface area contributed by atoms with Crippen molar-refractivity contribution >= 4 is 43.8 Å². The van der Waals surface area contributed by atoms with Gasteiger partial charge in [0.1, 0.15) is 10.0 Å². The number of aromatic amines is 1. The van der Waals surface area contributed by atoms with E-state index >= 15 is 0 Å². The van der Waals surface area contributed by atoms with Gasteiger partial charge in [-0.05, 0) is 36.2 Å². The smallest absolute Gasteiger partial charge is 0.226 e. The summed E-state index contributed by atoms with van der Waals surface area (Å²) in [7, 11) is 1.67. The van der Waals surface area contributed by atoms with Crippen LogP contribution in [0.15, 0.2) is 30.6 Å².